The average Bonchev–Trinajstić information content (AvgIpc) is 2.83. The third kappa shape index (κ3) is 3.94. The molecule has 3 atom stereocenters. The lowest BCUT2D eigenvalue weighted by Gasteiger charge is -2.27. The highest BCUT2D eigenvalue weighted by Crippen LogP contribution is 2.26. The lowest BCUT2D eigenvalue weighted by atomic mass is 9.92. The number of ether oxygens (including phenoxy) is 1. The first-order valence-corrected chi connectivity index (χ1v) is 7.78. The molecule has 0 aliphatic carbocycles. The smallest absolute Gasteiger partial charge is 0.127 e. The van der Waals surface area contributed by atoms with Gasteiger partial charge in [-0.1, -0.05) is 31.5 Å². The summed E-state index contributed by atoms with van der Waals surface area (Å²) < 4.78 is 19.8. The highest BCUT2D eigenvalue weighted by Gasteiger charge is 2.32. The van der Waals surface area contributed by atoms with E-state index >= 15 is 0 Å². The van der Waals surface area contributed by atoms with E-state index in [-0.39, 0.29) is 18.0 Å². The van der Waals surface area contributed by atoms with Gasteiger partial charge in [0.15, 0.2) is 0 Å². The standard InChI is InChI=1S/C16H23ClFNO/c1-3-7-19-15(16-11(2)6-8-20-16)9-12-4-5-13(17)10-14(12)18/h4-5,10-11,15-16,19H,3,6-9H2,1-2H3. The molecule has 2 rings (SSSR count). The first-order valence-electron chi connectivity index (χ1n) is 7.40. The van der Waals surface area contributed by atoms with Crippen LogP contribution in [0.1, 0.15) is 32.3 Å². The van der Waals surface area contributed by atoms with Crippen molar-refractivity contribution < 1.29 is 9.13 Å². The van der Waals surface area contributed by atoms with Crippen LogP contribution >= 0.6 is 11.6 Å². The molecule has 1 aromatic carbocycles. The van der Waals surface area contributed by atoms with E-state index in [0.29, 0.717) is 22.9 Å². The van der Waals surface area contributed by atoms with Gasteiger partial charge in [-0.05, 0) is 49.4 Å². The Morgan fingerprint density at radius 3 is 2.90 bits per heavy atom. The van der Waals surface area contributed by atoms with Crippen LogP contribution in [0.4, 0.5) is 4.39 Å². The third-order valence-electron chi connectivity index (χ3n) is 3.95. The van der Waals surface area contributed by atoms with Gasteiger partial charge >= 0.3 is 0 Å². The fourth-order valence-corrected chi connectivity index (χ4v) is 2.95. The maximum Gasteiger partial charge on any atom is 0.127 e. The van der Waals surface area contributed by atoms with Crippen molar-refractivity contribution in [2.24, 2.45) is 5.92 Å². The molecule has 1 aromatic rings. The number of hydrogen-bond acceptors (Lipinski definition) is 2. The summed E-state index contributed by atoms with van der Waals surface area (Å²) in [6, 6.07) is 5.06. The zero-order valence-electron chi connectivity index (χ0n) is 12.2. The Hall–Kier alpha value is -0.640. The van der Waals surface area contributed by atoms with Gasteiger partial charge in [0.25, 0.3) is 0 Å². The van der Waals surface area contributed by atoms with E-state index in [1.807, 2.05) is 0 Å². The molecular weight excluding hydrogens is 277 g/mol. The molecule has 0 aromatic heterocycles. The van der Waals surface area contributed by atoms with Crippen LogP contribution in [0, 0.1) is 11.7 Å². The van der Waals surface area contributed by atoms with E-state index in [0.717, 1.165) is 26.0 Å². The quantitative estimate of drug-likeness (QED) is 0.862. The Morgan fingerprint density at radius 2 is 2.30 bits per heavy atom. The molecule has 4 heteroatoms. The zero-order valence-corrected chi connectivity index (χ0v) is 12.9. The molecule has 1 aliphatic heterocycles. The molecule has 1 heterocycles. The summed E-state index contributed by atoms with van der Waals surface area (Å²) in [6.07, 6.45) is 2.94. The van der Waals surface area contributed by atoms with Crippen molar-refractivity contribution in [3.63, 3.8) is 0 Å². The lowest BCUT2D eigenvalue weighted by Crippen LogP contribution is -2.44. The fourth-order valence-electron chi connectivity index (χ4n) is 2.79. The lowest BCUT2D eigenvalue weighted by molar-refractivity contribution is 0.0608. The van der Waals surface area contributed by atoms with E-state index in [1.165, 1.54) is 6.07 Å². The van der Waals surface area contributed by atoms with E-state index in [2.05, 4.69) is 19.2 Å². The first kappa shape index (κ1) is 15.7. The molecule has 0 radical (unpaired) electrons. The Morgan fingerprint density at radius 1 is 1.50 bits per heavy atom. The van der Waals surface area contributed by atoms with E-state index in [9.17, 15) is 4.39 Å². The third-order valence-corrected chi connectivity index (χ3v) is 4.19. The second-order valence-electron chi connectivity index (χ2n) is 5.60. The van der Waals surface area contributed by atoms with Gasteiger partial charge in [-0.2, -0.15) is 0 Å². The second kappa shape index (κ2) is 7.39. The topological polar surface area (TPSA) is 21.3 Å². The Bertz CT molecular complexity index is 440. The maximum atomic E-state index is 14.0. The van der Waals surface area contributed by atoms with Gasteiger partial charge in [0, 0.05) is 17.7 Å². The highest BCUT2D eigenvalue weighted by atomic mass is 35.5. The van der Waals surface area contributed by atoms with Gasteiger partial charge in [0.2, 0.25) is 0 Å². The molecule has 0 spiro atoms. The minimum absolute atomic E-state index is 0.156. The minimum Gasteiger partial charge on any atom is -0.376 e. The molecule has 3 unspecified atom stereocenters. The summed E-state index contributed by atoms with van der Waals surface area (Å²) in [4.78, 5) is 0. The summed E-state index contributed by atoms with van der Waals surface area (Å²) in [5.41, 5.74) is 0.700. The van der Waals surface area contributed by atoms with Crippen molar-refractivity contribution in [1.29, 1.82) is 0 Å². The van der Waals surface area contributed by atoms with Gasteiger partial charge in [-0.15, -0.1) is 0 Å². The molecule has 0 saturated carbocycles. The molecule has 20 heavy (non-hydrogen) atoms. The van der Waals surface area contributed by atoms with Crippen LogP contribution in [0.25, 0.3) is 0 Å². The highest BCUT2D eigenvalue weighted by molar-refractivity contribution is 6.30. The van der Waals surface area contributed by atoms with Gasteiger partial charge in [-0.25, -0.2) is 4.39 Å². The van der Waals surface area contributed by atoms with Crippen LogP contribution in [0.15, 0.2) is 18.2 Å². The molecule has 1 saturated heterocycles. The first-order chi connectivity index (χ1) is 9.61. The molecule has 2 nitrogen and oxygen atoms in total. The van der Waals surface area contributed by atoms with Crippen LogP contribution in [0.5, 0.6) is 0 Å². The van der Waals surface area contributed by atoms with Crippen LogP contribution in [0.3, 0.4) is 0 Å². The van der Waals surface area contributed by atoms with Gasteiger partial charge in [0.1, 0.15) is 5.82 Å². The fraction of sp³-hybridized carbons (Fsp3) is 0.625. The van der Waals surface area contributed by atoms with E-state index in [1.54, 1.807) is 12.1 Å². The van der Waals surface area contributed by atoms with Crippen LogP contribution in [0.2, 0.25) is 5.02 Å². The minimum atomic E-state index is -0.230. The molecule has 1 N–H and O–H groups in total. The molecule has 1 fully saturated rings. The van der Waals surface area contributed by atoms with Crippen molar-refractivity contribution >= 4 is 11.6 Å². The molecule has 0 amide bonds. The van der Waals surface area contributed by atoms with Crippen LogP contribution in [-0.2, 0) is 11.2 Å². The van der Waals surface area contributed by atoms with E-state index < -0.39 is 0 Å². The zero-order chi connectivity index (χ0) is 14.5. The van der Waals surface area contributed by atoms with Gasteiger partial charge < -0.3 is 10.1 Å². The van der Waals surface area contributed by atoms with Crippen molar-refractivity contribution in [3.8, 4) is 0 Å². The van der Waals surface area contributed by atoms with Crippen molar-refractivity contribution in [2.75, 3.05) is 13.2 Å². The number of benzene rings is 1. The predicted molar refractivity (Wildman–Crippen MR) is 80.7 cm³/mol. The number of hydrogen-bond donors (Lipinski definition) is 1. The largest absolute Gasteiger partial charge is 0.376 e. The predicted octanol–water partition coefficient (Wildman–Crippen LogP) is 3.81. The van der Waals surface area contributed by atoms with Crippen LogP contribution < -0.4 is 5.32 Å². The molecule has 1 aliphatic rings. The van der Waals surface area contributed by atoms with E-state index in [4.69, 9.17) is 16.3 Å². The summed E-state index contributed by atoms with van der Waals surface area (Å²) in [7, 11) is 0. The Kier molecular flexibility index (Phi) is 5.82. The summed E-state index contributed by atoms with van der Waals surface area (Å²) in [5, 5.41) is 3.95. The van der Waals surface area contributed by atoms with Gasteiger partial charge in [0.05, 0.1) is 6.10 Å². The maximum absolute atomic E-state index is 14.0. The summed E-state index contributed by atoms with van der Waals surface area (Å²) in [5.74, 6) is 0.283. The Labute approximate surface area is 125 Å². The summed E-state index contributed by atoms with van der Waals surface area (Å²) in [6.45, 7) is 6.06. The number of halogens is 2. The Balaban J connectivity index is 2.10. The monoisotopic (exact) mass is 299 g/mol. The van der Waals surface area contributed by atoms with Crippen LogP contribution in [-0.4, -0.2) is 25.3 Å². The number of rotatable bonds is 6. The summed E-state index contributed by atoms with van der Waals surface area (Å²) >= 11 is 5.81. The van der Waals surface area contributed by atoms with Crippen molar-refractivity contribution in [1.82, 2.24) is 5.32 Å². The number of nitrogens with one attached hydrogen (secondary N) is 1. The molecule has 112 valence electrons. The van der Waals surface area contributed by atoms with Crippen molar-refractivity contribution in [2.45, 2.75) is 45.3 Å². The van der Waals surface area contributed by atoms with Gasteiger partial charge in [-0.3, -0.25) is 0 Å². The molecular formula is C16H23ClFNO. The normalized spacial score (nSPS) is 24.0. The average molecular weight is 300 g/mol. The SMILES string of the molecule is CCCNC(Cc1ccc(Cl)cc1F)C1OCCC1C. The van der Waals surface area contributed by atoms with Crippen molar-refractivity contribution in [3.05, 3.63) is 34.6 Å². The molecule has 0 bridgehead atoms. The second-order valence-corrected chi connectivity index (χ2v) is 6.04.